The van der Waals surface area contributed by atoms with Gasteiger partial charge in [0, 0.05) is 5.88 Å². The second-order valence-corrected chi connectivity index (χ2v) is 6.31. The molecule has 4 rings (SSSR count). The Hall–Kier alpha value is -3.23. The highest BCUT2D eigenvalue weighted by atomic mass is 35.5. The maximum atomic E-state index is 8.63. The molecule has 0 atom stereocenters. The Morgan fingerprint density at radius 1 is 0.567 bits per heavy atom. The van der Waals surface area contributed by atoms with Crippen molar-refractivity contribution in [2.24, 2.45) is 0 Å². The van der Waals surface area contributed by atoms with Gasteiger partial charge in [0.15, 0.2) is 0 Å². The highest BCUT2D eigenvalue weighted by molar-refractivity contribution is 6.17. The number of phenolic OH excluding ortho intramolecular Hbond substituents is 1. The van der Waals surface area contributed by atoms with Gasteiger partial charge in [-0.1, -0.05) is 104 Å². The number of halogens is 1. The van der Waals surface area contributed by atoms with Crippen molar-refractivity contribution in [2.75, 3.05) is 0 Å². The van der Waals surface area contributed by atoms with Crippen LogP contribution in [0.5, 0.6) is 11.5 Å². The zero-order chi connectivity index (χ0) is 20.6. The minimum Gasteiger partial charge on any atom is -0.508 e. The number of benzene rings is 4. The Labute approximate surface area is 185 Å². The molecule has 0 bridgehead atoms. The van der Waals surface area contributed by atoms with Crippen LogP contribution in [-0.4, -0.2) is 5.11 Å². The SMILES string of the molecule is C.ClCc1ccccc1.Oc1ccccc1.c1ccc(COc2ccccc2)cc1. The first-order valence-corrected chi connectivity index (χ1v) is 9.87. The number of alkyl halides is 1. The molecule has 0 aliphatic carbocycles. The van der Waals surface area contributed by atoms with E-state index in [4.69, 9.17) is 21.4 Å². The van der Waals surface area contributed by atoms with Gasteiger partial charge in [-0.3, -0.25) is 0 Å². The fourth-order valence-electron chi connectivity index (χ4n) is 2.25. The van der Waals surface area contributed by atoms with E-state index in [9.17, 15) is 0 Å². The third kappa shape index (κ3) is 10.9. The minimum absolute atomic E-state index is 0. The first kappa shape index (κ1) is 24.8. The van der Waals surface area contributed by atoms with Crippen LogP contribution in [0.1, 0.15) is 18.6 Å². The Bertz CT molecular complexity index is 843. The molecule has 0 spiro atoms. The lowest BCUT2D eigenvalue weighted by Crippen LogP contribution is -1.94. The molecule has 0 unspecified atom stereocenters. The molecule has 30 heavy (non-hydrogen) atoms. The normalized spacial score (nSPS) is 8.97. The van der Waals surface area contributed by atoms with Crippen LogP contribution in [-0.2, 0) is 12.5 Å². The van der Waals surface area contributed by atoms with Crippen LogP contribution in [0.4, 0.5) is 0 Å². The molecule has 0 amide bonds. The van der Waals surface area contributed by atoms with Crippen molar-refractivity contribution in [1.82, 2.24) is 0 Å². The second kappa shape index (κ2) is 15.7. The van der Waals surface area contributed by atoms with Crippen LogP contribution in [0.25, 0.3) is 0 Å². The maximum Gasteiger partial charge on any atom is 0.119 e. The van der Waals surface area contributed by atoms with Crippen molar-refractivity contribution in [1.29, 1.82) is 0 Å². The van der Waals surface area contributed by atoms with E-state index in [0.717, 1.165) is 5.75 Å². The first-order valence-electron chi connectivity index (χ1n) is 9.33. The highest BCUT2D eigenvalue weighted by Gasteiger charge is 1.92. The Kier molecular flexibility index (Phi) is 13.0. The fourth-order valence-corrected chi connectivity index (χ4v) is 2.43. The predicted octanol–water partition coefficient (Wildman–Crippen LogP) is 7.72. The fraction of sp³-hybridized carbons (Fsp3) is 0.111. The standard InChI is InChI=1S/C13H12O.C7H7Cl.C6H6O.CH4/c1-3-7-12(8-4-1)11-14-13-9-5-2-6-10-13;8-6-7-4-2-1-3-5-7;7-6-4-2-1-3-5-6;/h1-10H,11H2;1-5H,6H2;1-5,7H;1H4. The van der Waals surface area contributed by atoms with E-state index in [1.54, 1.807) is 24.3 Å². The summed E-state index contributed by atoms with van der Waals surface area (Å²) >= 11 is 5.53. The van der Waals surface area contributed by atoms with Crippen molar-refractivity contribution < 1.29 is 9.84 Å². The van der Waals surface area contributed by atoms with Crippen molar-refractivity contribution in [3.8, 4) is 11.5 Å². The lowest BCUT2D eigenvalue weighted by molar-refractivity contribution is 0.306. The summed E-state index contributed by atoms with van der Waals surface area (Å²) in [6.45, 7) is 0.630. The van der Waals surface area contributed by atoms with E-state index < -0.39 is 0 Å². The third-order valence-corrected chi connectivity index (χ3v) is 4.05. The molecule has 156 valence electrons. The van der Waals surface area contributed by atoms with E-state index in [2.05, 4.69) is 12.1 Å². The van der Waals surface area contributed by atoms with Crippen LogP contribution in [0.3, 0.4) is 0 Å². The van der Waals surface area contributed by atoms with E-state index in [1.807, 2.05) is 84.9 Å². The topological polar surface area (TPSA) is 29.5 Å². The minimum atomic E-state index is 0. The molecule has 0 aliphatic rings. The number of hydrogen-bond acceptors (Lipinski definition) is 2. The quantitative estimate of drug-likeness (QED) is 0.342. The molecular formula is C27H29ClO2. The lowest BCUT2D eigenvalue weighted by atomic mass is 10.2. The van der Waals surface area contributed by atoms with Gasteiger partial charge >= 0.3 is 0 Å². The van der Waals surface area contributed by atoms with Gasteiger partial charge in [0.25, 0.3) is 0 Å². The van der Waals surface area contributed by atoms with Gasteiger partial charge in [-0.2, -0.15) is 0 Å². The van der Waals surface area contributed by atoms with Crippen molar-refractivity contribution in [2.45, 2.75) is 19.9 Å². The summed E-state index contributed by atoms with van der Waals surface area (Å²) in [5.41, 5.74) is 2.37. The number of para-hydroxylation sites is 2. The van der Waals surface area contributed by atoms with E-state index in [1.165, 1.54) is 11.1 Å². The van der Waals surface area contributed by atoms with Crippen LogP contribution in [0.15, 0.2) is 121 Å². The molecule has 0 radical (unpaired) electrons. The number of phenols is 1. The predicted molar refractivity (Wildman–Crippen MR) is 128 cm³/mol. The summed E-state index contributed by atoms with van der Waals surface area (Å²) in [5.74, 6) is 1.85. The van der Waals surface area contributed by atoms with E-state index in [-0.39, 0.29) is 7.43 Å². The summed E-state index contributed by atoms with van der Waals surface area (Å²) in [6, 6.07) is 38.7. The smallest absolute Gasteiger partial charge is 0.119 e. The third-order valence-electron chi connectivity index (χ3n) is 3.74. The molecule has 0 fully saturated rings. The molecule has 0 saturated heterocycles. The van der Waals surface area contributed by atoms with Crippen molar-refractivity contribution in [3.63, 3.8) is 0 Å². The molecule has 4 aromatic carbocycles. The van der Waals surface area contributed by atoms with Gasteiger partial charge in [-0.25, -0.2) is 0 Å². The molecule has 0 aliphatic heterocycles. The maximum absolute atomic E-state index is 8.63. The van der Waals surface area contributed by atoms with Gasteiger partial charge in [0.1, 0.15) is 18.1 Å². The van der Waals surface area contributed by atoms with Gasteiger partial charge in [0.05, 0.1) is 0 Å². The summed E-state index contributed by atoms with van der Waals surface area (Å²) in [6.07, 6.45) is 0. The Morgan fingerprint density at radius 2 is 0.967 bits per heavy atom. The number of ether oxygens (including phenoxy) is 1. The zero-order valence-electron chi connectivity index (χ0n) is 16.2. The molecule has 1 N–H and O–H groups in total. The number of rotatable bonds is 4. The number of aromatic hydroxyl groups is 1. The average Bonchev–Trinajstić information content (AvgIpc) is 2.81. The Morgan fingerprint density at radius 3 is 1.33 bits per heavy atom. The lowest BCUT2D eigenvalue weighted by Gasteiger charge is -2.05. The first-order chi connectivity index (χ1) is 14.3. The van der Waals surface area contributed by atoms with Crippen molar-refractivity contribution >= 4 is 11.6 Å². The second-order valence-electron chi connectivity index (χ2n) is 6.04. The van der Waals surface area contributed by atoms with Crippen LogP contribution in [0.2, 0.25) is 0 Å². The summed E-state index contributed by atoms with van der Waals surface area (Å²) in [5, 5.41) is 8.63. The molecule has 0 aromatic heterocycles. The van der Waals surface area contributed by atoms with Gasteiger partial charge < -0.3 is 9.84 Å². The molecule has 4 aromatic rings. The van der Waals surface area contributed by atoms with E-state index in [0.29, 0.717) is 18.2 Å². The molecule has 3 heteroatoms. The summed E-state index contributed by atoms with van der Waals surface area (Å²) in [4.78, 5) is 0. The van der Waals surface area contributed by atoms with Crippen LogP contribution in [0, 0.1) is 0 Å². The molecular weight excluding hydrogens is 392 g/mol. The van der Waals surface area contributed by atoms with Gasteiger partial charge in [-0.05, 0) is 35.4 Å². The zero-order valence-corrected chi connectivity index (χ0v) is 17.0. The summed E-state index contributed by atoms with van der Waals surface area (Å²) < 4.78 is 5.59. The monoisotopic (exact) mass is 420 g/mol. The van der Waals surface area contributed by atoms with Crippen molar-refractivity contribution in [3.05, 3.63) is 132 Å². The average molecular weight is 421 g/mol. The van der Waals surface area contributed by atoms with E-state index >= 15 is 0 Å². The van der Waals surface area contributed by atoms with Crippen LogP contribution >= 0.6 is 11.6 Å². The molecule has 0 saturated carbocycles. The molecule has 2 nitrogen and oxygen atoms in total. The number of hydrogen-bond donors (Lipinski definition) is 1. The summed E-state index contributed by atoms with van der Waals surface area (Å²) in [7, 11) is 0. The van der Waals surface area contributed by atoms with Gasteiger partial charge in [0.2, 0.25) is 0 Å². The Balaban J connectivity index is 0.000000241. The van der Waals surface area contributed by atoms with Crippen LogP contribution < -0.4 is 4.74 Å². The molecule has 0 heterocycles. The largest absolute Gasteiger partial charge is 0.508 e. The highest BCUT2D eigenvalue weighted by Crippen LogP contribution is 2.11. The van der Waals surface area contributed by atoms with Gasteiger partial charge in [-0.15, -0.1) is 11.6 Å².